The van der Waals surface area contributed by atoms with Gasteiger partial charge in [-0.2, -0.15) is 13.2 Å². The molecule has 0 unspecified atom stereocenters. The Bertz CT molecular complexity index is 906. The van der Waals surface area contributed by atoms with Crippen LogP contribution in [-0.4, -0.2) is 69.4 Å². The first-order valence-corrected chi connectivity index (χ1v) is 10.9. The van der Waals surface area contributed by atoms with Gasteiger partial charge in [-0.1, -0.05) is 13.8 Å². The lowest BCUT2D eigenvalue weighted by molar-refractivity contribution is -0.148. The molecule has 1 aromatic rings. The maximum Gasteiger partial charge on any atom is 0.394 e. The SMILES string of the molecule is CC(C)c1nc2c(c(CC(F)(F)F)n1)CCN(C(=O)C[C@H](N)CN1CC(F)(F)CCC1=O)C2. The molecule has 0 radical (unpaired) electrons. The Balaban J connectivity index is 1.68. The number of rotatable bonds is 6. The molecule has 33 heavy (non-hydrogen) atoms. The zero-order valence-corrected chi connectivity index (χ0v) is 18.6. The molecule has 7 nitrogen and oxygen atoms in total. The van der Waals surface area contributed by atoms with Crippen molar-refractivity contribution in [2.24, 2.45) is 5.73 Å². The highest BCUT2D eigenvalue weighted by molar-refractivity contribution is 5.78. The number of halogens is 5. The molecule has 2 N–H and O–H groups in total. The summed E-state index contributed by atoms with van der Waals surface area (Å²) in [7, 11) is 0. The van der Waals surface area contributed by atoms with Crippen molar-refractivity contribution < 1.29 is 31.5 Å². The van der Waals surface area contributed by atoms with Gasteiger partial charge in [-0.3, -0.25) is 9.59 Å². The zero-order chi connectivity index (χ0) is 24.6. The number of hydrogen-bond acceptors (Lipinski definition) is 5. The van der Waals surface area contributed by atoms with Gasteiger partial charge in [0.1, 0.15) is 5.82 Å². The molecular formula is C21H28F5N5O2. The molecule has 0 aromatic carbocycles. The van der Waals surface area contributed by atoms with E-state index in [-0.39, 0.29) is 62.2 Å². The van der Waals surface area contributed by atoms with E-state index in [0.717, 1.165) is 4.90 Å². The molecule has 1 fully saturated rings. The highest BCUT2D eigenvalue weighted by Crippen LogP contribution is 2.29. The molecule has 1 aromatic heterocycles. The fourth-order valence-corrected chi connectivity index (χ4v) is 4.10. The largest absolute Gasteiger partial charge is 0.394 e. The molecule has 12 heteroatoms. The maximum absolute atomic E-state index is 13.6. The van der Waals surface area contributed by atoms with E-state index in [2.05, 4.69) is 9.97 Å². The maximum atomic E-state index is 13.6. The van der Waals surface area contributed by atoms with Crippen LogP contribution in [0.1, 0.15) is 61.8 Å². The number of carbonyl (C=O) groups excluding carboxylic acids is 2. The number of likely N-dealkylation sites (tertiary alicyclic amines) is 1. The van der Waals surface area contributed by atoms with Crippen LogP contribution in [0.15, 0.2) is 0 Å². The van der Waals surface area contributed by atoms with E-state index in [9.17, 15) is 31.5 Å². The van der Waals surface area contributed by atoms with Gasteiger partial charge in [0.15, 0.2) is 0 Å². The monoisotopic (exact) mass is 477 g/mol. The average Bonchev–Trinajstić information content (AvgIpc) is 2.68. The topological polar surface area (TPSA) is 92.4 Å². The summed E-state index contributed by atoms with van der Waals surface area (Å²) >= 11 is 0. The van der Waals surface area contributed by atoms with Crippen molar-refractivity contribution >= 4 is 11.8 Å². The molecule has 2 aliphatic rings. The van der Waals surface area contributed by atoms with Crippen LogP contribution in [0.4, 0.5) is 22.0 Å². The third-order valence-corrected chi connectivity index (χ3v) is 5.78. The van der Waals surface area contributed by atoms with Crippen LogP contribution in [0, 0.1) is 0 Å². The molecule has 1 atom stereocenters. The Hall–Kier alpha value is -2.37. The normalized spacial score (nSPS) is 19.6. The Labute approximate surface area is 188 Å². The zero-order valence-electron chi connectivity index (χ0n) is 18.6. The van der Waals surface area contributed by atoms with Crippen molar-refractivity contribution in [1.29, 1.82) is 0 Å². The lowest BCUT2D eigenvalue weighted by Crippen LogP contribution is -2.51. The summed E-state index contributed by atoms with van der Waals surface area (Å²) in [6.45, 7) is 2.86. The van der Waals surface area contributed by atoms with Crippen LogP contribution in [0.2, 0.25) is 0 Å². The highest BCUT2D eigenvalue weighted by atomic mass is 19.4. The van der Waals surface area contributed by atoms with Gasteiger partial charge in [-0.15, -0.1) is 0 Å². The van der Waals surface area contributed by atoms with E-state index >= 15 is 0 Å². The number of nitrogens with zero attached hydrogens (tertiary/aromatic N) is 4. The van der Waals surface area contributed by atoms with E-state index < -0.39 is 43.4 Å². The standard InChI is InChI=1S/C21H28F5N5O2/c1-12(2)19-28-15(8-21(24,25)26)14-4-6-30(10-16(14)29-19)18(33)7-13(27)9-31-11-20(22,23)5-3-17(31)32/h12-13H,3-11,27H2,1-2H3/t13-/m0/s1. The van der Waals surface area contributed by atoms with Crippen LogP contribution in [-0.2, 0) is 29.0 Å². The summed E-state index contributed by atoms with van der Waals surface area (Å²) in [5.74, 6) is -3.68. The third-order valence-electron chi connectivity index (χ3n) is 5.78. The van der Waals surface area contributed by atoms with Gasteiger partial charge in [-0.25, -0.2) is 18.7 Å². The summed E-state index contributed by atoms with van der Waals surface area (Å²) in [6, 6.07) is -0.839. The second-order valence-electron chi connectivity index (χ2n) is 9.06. The molecule has 3 heterocycles. The molecule has 0 spiro atoms. The minimum absolute atomic E-state index is 0.0225. The van der Waals surface area contributed by atoms with Gasteiger partial charge in [0.25, 0.3) is 5.92 Å². The number of carbonyl (C=O) groups is 2. The molecular weight excluding hydrogens is 449 g/mol. The highest BCUT2D eigenvalue weighted by Gasteiger charge is 2.39. The molecule has 0 bridgehead atoms. The number of fused-ring (bicyclic) bond motifs is 1. The van der Waals surface area contributed by atoms with Crippen LogP contribution >= 0.6 is 0 Å². The fourth-order valence-electron chi connectivity index (χ4n) is 4.10. The predicted octanol–water partition coefficient (Wildman–Crippen LogP) is 2.56. The lowest BCUT2D eigenvalue weighted by atomic mass is 9.99. The van der Waals surface area contributed by atoms with E-state index in [0.29, 0.717) is 11.3 Å². The van der Waals surface area contributed by atoms with Gasteiger partial charge in [0.2, 0.25) is 11.8 Å². The smallest absolute Gasteiger partial charge is 0.336 e. The second-order valence-corrected chi connectivity index (χ2v) is 9.06. The van der Waals surface area contributed by atoms with Gasteiger partial charge in [-0.05, 0) is 12.0 Å². The van der Waals surface area contributed by atoms with Crippen molar-refractivity contribution in [3.05, 3.63) is 22.8 Å². The van der Waals surface area contributed by atoms with Crippen LogP contribution in [0.25, 0.3) is 0 Å². The van der Waals surface area contributed by atoms with Gasteiger partial charge in [0, 0.05) is 44.3 Å². The number of alkyl halides is 5. The summed E-state index contributed by atoms with van der Waals surface area (Å²) in [5.41, 5.74) is 6.70. The molecule has 2 amide bonds. The Kier molecular flexibility index (Phi) is 7.25. The van der Waals surface area contributed by atoms with Crippen LogP contribution in [0.3, 0.4) is 0 Å². The Morgan fingerprint density at radius 2 is 1.91 bits per heavy atom. The van der Waals surface area contributed by atoms with Crippen molar-refractivity contribution in [3.8, 4) is 0 Å². The Morgan fingerprint density at radius 3 is 2.55 bits per heavy atom. The first-order chi connectivity index (χ1) is 15.2. The van der Waals surface area contributed by atoms with Crippen LogP contribution < -0.4 is 5.73 Å². The molecule has 2 aliphatic heterocycles. The van der Waals surface area contributed by atoms with E-state index in [1.54, 1.807) is 13.8 Å². The van der Waals surface area contributed by atoms with Crippen molar-refractivity contribution in [3.63, 3.8) is 0 Å². The lowest BCUT2D eigenvalue weighted by Gasteiger charge is -2.34. The molecule has 1 saturated heterocycles. The third kappa shape index (κ3) is 6.58. The quantitative estimate of drug-likeness (QED) is 0.636. The predicted molar refractivity (Wildman–Crippen MR) is 108 cm³/mol. The van der Waals surface area contributed by atoms with E-state index in [1.165, 1.54) is 4.90 Å². The number of aromatic nitrogens is 2. The molecule has 3 rings (SSSR count). The molecule has 0 aliphatic carbocycles. The van der Waals surface area contributed by atoms with Crippen LogP contribution in [0.5, 0.6) is 0 Å². The fraction of sp³-hybridized carbons (Fsp3) is 0.714. The number of hydrogen-bond donors (Lipinski definition) is 1. The summed E-state index contributed by atoms with van der Waals surface area (Å²) in [4.78, 5) is 35.6. The number of amides is 2. The van der Waals surface area contributed by atoms with Gasteiger partial charge in [0.05, 0.1) is 30.9 Å². The summed E-state index contributed by atoms with van der Waals surface area (Å²) < 4.78 is 66.4. The minimum Gasteiger partial charge on any atom is -0.336 e. The summed E-state index contributed by atoms with van der Waals surface area (Å²) in [5, 5.41) is 0. The first-order valence-electron chi connectivity index (χ1n) is 10.9. The van der Waals surface area contributed by atoms with Gasteiger partial charge < -0.3 is 15.5 Å². The van der Waals surface area contributed by atoms with E-state index in [1.807, 2.05) is 0 Å². The number of piperidine rings is 1. The van der Waals surface area contributed by atoms with Crippen molar-refractivity contribution in [2.45, 2.75) is 76.6 Å². The van der Waals surface area contributed by atoms with Gasteiger partial charge >= 0.3 is 6.18 Å². The minimum atomic E-state index is -4.42. The number of nitrogens with two attached hydrogens (primary N) is 1. The molecule has 184 valence electrons. The second kappa shape index (κ2) is 9.47. The summed E-state index contributed by atoms with van der Waals surface area (Å²) in [6.07, 6.45) is -6.35. The first kappa shape index (κ1) is 25.3. The average molecular weight is 477 g/mol. The molecule has 0 saturated carbocycles. The van der Waals surface area contributed by atoms with E-state index in [4.69, 9.17) is 5.73 Å². The Morgan fingerprint density at radius 1 is 1.21 bits per heavy atom. The van der Waals surface area contributed by atoms with Crippen molar-refractivity contribution in [1.82, 2.24) is 19.8 Å². The van der Waals surface area contributed by atoms with Crippen molar-refractivity contribution in [2.75, 3.05) is 19.6 Å².